The van der Waals surface area contributed by atoms with Crippen molar-refractivity contribution in [3.8, 4) is 0 Å². The molecule has 2 aromatic rings. The van der Waals surface area contributed by atoms with Crippen molar-refractivity contribution in [1.29, 1.82) is 0 Å². The molecule has 0 bridgehead atoms. The molecule has 1 N–H and O–H groups in total. The van der Waals surface area contributed by atoms with Gasteiger partial charge in [-0.25, -0.2) is 9.37 Å². The zero-order valence-corrected chi connectivity index (χ0v) is 13.2. The van der Waals surface area contributed by atoms with E-state index in [1.165, 1.54) is 12.1 Å². The second-order valence-corrected chi connectivity index (χ2v) is 5.14. The fraction of sp³-hybridized carbons (Fsp3) is 0.286. The number of hydrogen-bond acceptors (Lipinski definition) is 4. The monoisotopic (exact) mass is 352 g/mol. The summed E-state index contributed by atoms with van der Waals surface area (Å²) in [5.74, 6) is -1.16. The summed E-state index contributed by atoms with van der Waals surface area (Å²) in [6, 6.07) is 4.32. The molecule has 1 aromatic heterocycles. The van der Waals surface area contributed by atoms with Crippen LogP contribution in [0.1, 0.15) is 35.6 Å². The maximum absolute atomic E-state index is 13.7. The quantitative estimate of drug-likeness (QED) is 0.917. The molecule has 0 aliphatic rings. The Labute approximate surface area is 130 Å². The summed E-state index contributed by atoms with van der Waals surface area (Å²) in [4.78, 5) is 16.4. The van der Waals surface area contributed by atoms with Gasteiger partial charge in [0.1, 0.15) is 5.82 Å². The van der Waals surface area contributed by atoms with Crippen LogP contribution in [0.5, 0.6) is 0 Å². The highest BCUT2D eigenvalue weighted by atomic mass is 79.9. The smallest absolute Gasteiger partial charge is 0.262 e. The van der Waals surface area contributed by atoms with Crippen molar-refractivity contribution in [3.05, 3.63) is 45.4 Å². The van der Waals surface area contributed by atoms with E-state index in [4.69, 9.17) is 0 Å². The Balaban J connectivity index is 2.28. The summed E-state index contributed by atoms with van der Waals surface area (Å²) in [6.45, 7) is 3.90. The predicted octanol–water partition coefficient (Wildman–Crippen LogP) is 3.15. The Morgan fingerprint density at radius 2 is 1.95 bits per heavy atom. The van der Waals surface area contributed by atoms with Crippen LogP contribution < -0.4 is 5.32 Å². The SMILES string of the molecule is CCc1nnc(NC(=O)c2c(F)cccc2Br)nc1CC. The zero-order valence-electron chi connectivity index (χ0n) is 11.7. The highest BCUT2D eigenvalue weighted by Gasteiger charge is 2.17. The Morgan fingerprint density at radius 1 is 1.24 bits per heavy atom. The van der Waals surface area contributed by atoms with E-state index in [1.54, 1.807) is 6.07 Å². The number of rotatable bonds is 4. The summed E-state index contributed by atoms with van der Waals surface area (Å²) in [5, 5.41) is 10.4. The number of anilines is 1. The number of hydrogen-bond donors (Lipinski definition) is 1. The number of halogens is 2. The molecular weight excluding hydrogens is 339 g/mol. The average molecular weight is 353 g/mol. The third-order valence-electron chi connectivity index (χ3n) is 2.92. The van der Waals surface area contributed by atoms with Crippen molar-refractivity contribution >= 4 is 27.8 Å². The second kappa shape index (κ2) is 6.71. The zero-order chi connectivity index (χ0) is 15.4. The topological polar surface area (TPSA) is 67.8 Å². The molecule has 1 aromatic carbocycles. The Morgan fingerprint density at radius 3 is 2.57 bits per heavy atom. The molecule has 7 heteroatoms. The van der Waals surface area contributed by atoms with Gasteiger partial charge in [0.05, 0.1) is 17.0 Å². The van der Waals surface area contributed by atoms with Crippen LogP contribution in [-0.2, 0) is 12.8 Å². The largest absolute Gasteiger partial charge is 0.289 e. The number of amides is 1. The summed E-state index contributed by atoms with van der Waals surface area (Å²) in [6.07, 6.45) is 1.40. The maximum atomic E-state index is 13.7. The van der Waals surface area contributed by atoms with Gasteiger partial charge in [-0.05, 0) is 40.9 Å². The molecule has 0 saturated carbocycles. The van der Waals surface area contributed by atoms with Crippen LogP contribution in [0.3, 0.4) is 0 Å². The molecule has 21 heavy (non-hydrogen) atoms. The Bertz CT molecular complexity index is 658. The first-order valence-corrected chi connectivity index (χ1v) is 7.33. The van der Waals surface area contributed by atoms with Gasteiger partial charge in [0.2, 0.25) is 5.95 Å². The highest BCUT2D eigenvalue weighted by molar-refractivity contribution is 9.10. The molecule has 2 rings (SSSR count). The van der Waals surface area contributed by atoms with Crippen LogP contribution in [0, 0.1) is 5.82 Å². The summed E-state index contributed by atoms with van der Waals surface area (Å²) in [5.41, 5.74) is 1.48. The third-order valence-corrected chi connectivity index (χ3v) is 3.59. The lowest BCUT2D eigenvalue weighted by Crippen LogP contribution is -2.18. The van der Waals surface area contributed by atoms with Gasteiger partial charge in [0, 0.05) is 4.47 Å². The lowest BCUT2D eigenvalue weighted by molar-refractivity contribution is 0.102. The summed E-state index contributed by atoms with van der Waals surface area (Å²) >= 11 is 3.15. The van der Waals surface area contributed by atoms with Crippen molar-refractivity contribution < 1.29 is 9.18 Å². The van der Waals surface area contributed by atoms with Crippen LogP contribution in [0.25, 0.3) is 0 Å². The highest BCUT2D eigenvalue weighted by Crippen LogP contribution is 2.20. The number of carbonyl (C=O) groups excluding carboxylic acids is 1. The minimum Gasteiger partial charge on any atom is -0.289 e. The van der Waals surface area contributed by atoms with Gasteiger partial charge in [-0.3, -0.25) is 10.1 Å². The molecule has 0 atom stereocenters. The van der Waals surface area contributed by atoms with Crippen LogP contribution >= 0.6 is 15.9 Å². The predicted molar refractivity (Wildman–Crippen MR) is 80.6 cm³/mol. The molecule has 0 unspecified atom stereocenters. The number of carbonyl (C=O) groups is 1. The summed E-state index contributed by atoms with van der Waals surface area (Å²) in [7, 11) is 0. The lowest BCUT2D eigenvalue weighted by atomic mass is 10.2. The molecule has 1 heterocycles. The van der Waals surface area contributed by atoms with Crippen molar-refractivity contribution in [3.63, 3.8) is 0 Å². The van der Waals surface area contributed by atoms with Crippen LogP contribution in [0.15, 0.2) is 22.7 Å². The minimum atomic E-state index is -0.618. The molecule has 0 radical (unpaired) electrons. The first-order valence-electron chi connectivity index (χ1n) is 6.54. The van der Waals surface area contributed by atoms with Gasteiger partial charge in [-0.1, -0.05) is 19.9 Å². The summed E-state index contributed by atoms with van der Waals surface area (Å²) < 4.78 is 14.1. The van der Waals surface area contributed by atoms with Crippen molar-refractivity contribution in [2.45, 2.75) is 26.7 Å². The number of nitrogens with one attached hydrogen (secondary N) is 1. The molecule has 0 fully saturated rings. The van der Waals surface area contributed by atoms with Crippen molar-refractivity contribution in [2.24, 2.45) is 0 Å². The number of aryl methyl sites for hydroxylation is 2. The van der Waals surface area contributed by atoms with Gasteiger partial charge in [0.15, 0.2) is 0 Å². The molecule has 0 spiro atoms. The van der Waals surface area contributed by atoms with Gasteiger partial charge >= 0.3 is 0 Å². The van der Waals surface area contributed by atoms with E-state index < -0.39 is 11.7 Å². The standard InChI is InChI=1S/C14H14BrFN4O/c1-3-10-11(4-2)19-20-14(17-10)18-13(21)12-8(15)6-5-7-9(12)16/h5-7H,3-4H2,1-2H3,(H,17,18,20,21). The number of nitrogens with zero attached hydrogens (tertiary/aromatic N) is 3. The van der Waals surface area contributed by atoms with Crippen LogP contribution in [-0.4, -0.2) is 21.1 Å². The molecule has 110 valence electrons. The van der Waals surface area contributed by atoms with E-state index in [-0.39, 0.29) is 11.5 Å². The normalized spacial score (nSPS) is 10.5. The van der Waals surface area contributed by atoms with Crippen molar-refractivity contribution in [2.75, 3.05) is 5.32 Å². The average Bonchev–Trinajstić information content (AvgIpc) is 2.46. The van der Waals surface area contributed by atoms with E-state index in [2.05, 4.69) is 36.4 Å². The van der Waals surface area contributed by atoms with Gasteiger partial charge in [-0.15, -0.1) is 10.2 Å². The van der Waals surface area contributed by atoms with Crippen LogP contribution in [0.4, 0.5) is 10.3 Å². The maximum Gasteiger partial charge on any atom is 0.262 e. The number of aromatic nitrogens is 3. The van der Waals surface area contributed by atoms with Gasteiger partial charge in [0.25, 0.3) is 5.91 Å². The van der Waals surface area contributed by atoms with E-state index in [9.17, 15) is 9.18 Å². The Kier molecular flexibility index (Phi) is 4.95. The number of benzene rings is 1. The van der Waals surface area contributed by atoms with Gasteiger partial charge in [-0.2, -0.15) is 0 Å². The second-order valence-electron chi connectivity index (χ2n) is 4.29. The molecular formula is C14H14BrFN4O. The molecule has 0 aliphatic carbocycles. The van der Waals surface area contributed by atoms with Crippen molar-refractivity contribution in [1.82, 2.24) is 15.2 Å². The van der Waals surface area contributed by atoms with Crippen LogP contribution in [0.2, 0.25) is 0 Å². The van der Waals surface area contributed by atoms with E-state index >= 15 is 0 Å². The third kappa shape index (κ3) is 3.41. The molecule has 1 amide bonds. The lowest BCUT2D eigenvalue weighted by Gasteiger charge is -2.08. The fourth-order valence-corrected chi connectivity index (χ4v) is 2.39. The first kappa shape index (κ1) is 15.5. The van der Waals surface area contributed by atoms with E-state index in [1.807, 2.05) is 13.8 Å². The van der Waals surface area contributed by atoms with Gasteiger partial charge < -0.3 is 0 Å². The van der Waals surface area contributed by atoms with E-state index in [0.29, 0.717) is 10.9 Å². The first-order chi connectivity index (χ1) is 10.1. The fourth-order valence-electron chi connectivity index (χ4n) is 1.87. The molecule has 0 aliphatic heterocycles. The minimum absolute atomic E-state index is 0.0733. The molecule has 0 saturated heterocycles. The Hall–Kier alpha value is -1.89. The van der Waals surface area contributed by atoms with E-state index in [0.717, 1.165) is 17.8 Å². The molecule has 5 nitrogen and oxygen atoms in total.